The fourth-order valence-electron chi connectivity index (χ4n) is 3.56. The van der Waals surface area contributed by atoms with Gasteiger partial charge in [0.25, 0.3) is 0 Å². The van der Waals surface area contributed by atoms with Crippen LogP contribution in [-0.4, -0.2) is 34.5 Å². The van der Waals surface area contributed by atoms with Crippen LogP contribution in [0, 0.1) is 0 Å². The molecule has 2 amide bonds. The van der Waals surface area contributed by atoms with Crippen molar-refractivity contribution in [1.29, 1.82) is 0 Å². The van der Waals surface area contributed by atoms with Crippen molar-refractivity contribution in [2.75, 3.05) is 10.6 Å². The molecule has 0 saturated heterocycles. The summed E-state index contributed by atoms with van der Waals surface area (Å²) in [7, 11) is 0. The fraction of sp³-hybridized carbons (Fsp3) is 0.286. The van der Waals surface area contributed by atoms with E-state index in [1.165, 1.54) is 23.5 Å². The predicted molar refractivity (Wildman–Crippen MR) is 145 cm³/mol. The van der Waals surface area contributed by atoms with Gasteiger partial charge in [-0.15, -0.1) is 11.3 Å². The van der Waals surface area contributed by atoms with Crippen LogP contribution in [0.15, 0.2) is 60.0 Å². The van der Waals surface area contributed by atoms with Gasteiger partial charge in [0.1, 0.15) is 16.2 Å². The Morgan fingerprint density at radius 3 is 2.08 bits per heavy atom. The number of nitrogens with one attached hydrogen (secondary N) is 2. The first-order chi connectivity index (χ1) is 17.5. The van der Waals surface area contributed by atoms with Gasteiger partial charge in [0.2, 0.25) is 11.8 Å². The van der Waals surface area contributed by atoms with E-state index in [-0.39, 0.29) is 66.9 Å². The number of amides is 2. The Morgan fingerprint density at radius 2 is 1.47 bits per heavy atom. The van der Waals surface area contributed by atoms with Crippen molar-refractivity contribution in [3.05, 3.63) is 71.1 Å². The Bertz CT molecular complexity index is 1290. The van der Waals surface area contributed by atoms with Crippen molar-refractivity contribution in [2.45, 2.75) is 52.1 Å². The number of benzene rings is 2. The molecule has 0 aliphatic carbocycles. The number of aromatic carboxylic acids is 1. The molecule has 196 valence electrons. The number of esters is 1. The van der Waals surface area contributed by atoms with Crippen LogP contribution in [0.3, 0.4) is 0 Å². The second-order valence-electron chi connectivity index (χ2n) is 9.38. The van der Waals surface area contributed by atoms with E-state index in [0.29, 0.717) is 29.0 Å². The maximum atomic E-state index is 13.0. The molecular formula is C28H31N2NaO6S. The first-order valence-corrected chi connectivity index (χ1v) is 12.8. The zero-order valence-electron chi connectivity index (χ0n) is 23.0. The van der Waals surface area contributed by atoms with Gasteiger partial charge in [0.15, 0.2) is 0 Å². The molecule has 3 N–H and O–H groups in total. The van der Waals surface area contributed by atoms with E-state index >= 15 is 0 Å². The molecule has 0 aliphatic heterocycles. The second kappa shape index (κ2) is 14.2. The molecule has 3 rings (SSSR count). The van der Waals surface area contributed by atoms with Crippen LogP contribution < -0.4 is 40.2 Å². The van der Waals surface area contributed by atoms with Crippen molar-refractivity contribution in [3.63, 3.8) is 0 Å². The van der Waals surface area contributed by atoms with Crippen LogP contribution in [0.4, 0.5) is 10.7 Å². The monoisotopic (exact) mass is 546 g/mol. The molecule has 0 radical (unpaired) electrons. The standard InChI is InChI=1S/C28H30N2O6S.Na.H/c1-28(2,3)36-27(35)24-20(18-11-5-4-6-12-18)17-37-25(24)30-23(32)16-10-9-15-22(31)29-21-14-8-7-13-19(21)26(33)34;;/h4-8,11-14,17H,9-10,15-16H2,1-3H3,(H,29,31)(H,30,32)(H,33,34);;/q;+1;-1. The molecule has 0 spiro atoms. The summed E-state index contributed by atoms with van der Waals surface area (Å²) in [4.78, 5) is 49.2. The van der Waals surface area contributed by atoms with E-state index in [1.807, 2.05) is 35.7 Å². The van der Waals surface area contributed by atoms with Crippen molar-refractivity contribution in [3.8, 4) is 11.1 Å². The number of thiophene rings is 1. The topological polar surface area (TPSA) is 122 Å². The molecule has 1 aromatic heterocycles. The van der Waals surface area contributed by atoms with Gasteiger partial charge in [-0.05, 0) is 51.3 Å². The molecule has 10 heteroatoms. The third kappa shape index (κ3) is 9.09. The molecule has 2 aromatic carbocycles. The van der Waals surface area contributed by atoms with Gasteiger partial charge in [0.05, 0.1) is 11.3 Å². The number of anilines is 2. The Kier molecular flexibility index (Phi) is 11.7. The zero-order valence-corrected chi connectivity index (χ0v) is 24.8. The number of hydrogen-bond acceptors (Lipinski definition) is 6. The first-order valence-electron chi connectivity index (χ1n) is 11.9. The van der Waals surface area contributed by atoms with Gasteiger partial charge in [-0.3, -0.25) is 9.59 Å². The minimum atomic E-state index is -1.12. The number of unbranched alkanes of at least 4 members (excludes halogenated alkanes) is 1. The number of hydrogen-bond donors (Lipinski definition) is 3. The van der Waals surface area contributed by atoms with E-state index < -0.39 is 17.5 Å². The number of carboxylic acid groups (broad SMARTS) is 1. The van der Waals surface area contributed by atoms with E-state index in [4.69, 9.17) is 4.74 Å². The number of carbonyl (C=O) groups is 4. The molecule has 38 heavy (non-hydrogen) atoms. The van der Waals surface area contributed by atoms with Crippen molar-refractivity contribution in [2.24, 2.45) is 0 Å². The van der Waals surface area contributed by atoms with Gasteiger partial charge in [0, 0.05) is 23.8 Å². The summed E-state index contributed by atoms with van der Waals surface area (Å²) < 4.78 is 5.60. The Balaban J connectivity index is 0.00000380. The van der Waals surface area contributed by atoms with Crippen LogP contribution in [-0.2, 0) is 14.3 Å². The van der Waals surface area contributed by atoms with Crippen LogP contribution in [0.5, 0.6) is 0 Å². The third-order valence-corrected chi connectivity index (χ3v) is 6.12. The number of para-hydroxylation sites is 1. The van der Waals surface area contributed by atoms with Gasteiger partial charge in [-0.25, -0.2) is 9.59 Å². The molecule has 0 unspecified atom stereocenters. The summed E-state index contributed by atoms with van der Waals surface area (Å²) in [5.41, 5.74) is 1.40. The molecule has 1 heterocycles. The molecule has 0 bridgehead atoms. The summed E-state index contributed by atoms with van der Waals surface area (Å²) in [6.07, 6.45) is 1.18. The number of carboxylic acids is 1. The first kappa shape index (κ1) is 31.2. The molecule has 3 aromatic rings. The minimum absolute atomic E-state index is 0. The van der Waals surface area contributed by atoms with Gasteiger partial charge in [-0.1, -0.05) is 42.5 Å². The van der Waals surface area contributed by atoms with Crippen LogP contribution >= 0.6 is 11.3 Å². The quantitative estimate of drug-likeness (QED) is 0.204. The second-order valence-corrected chi connectivity index (χ2v) is 10.3. The van der Waals surface area contributed by atoms with E-state index in [0.717, 1.165) is 5.56 Å². The molecule has 8 nitrogen and oxygen atoms in total. The molecule has 0 atom stereocenters. The Hall–Kier alpha value is -2.98. The normalized spacial score (nSPS) is 10.7. The maximum Gasteiger partial charge on any atom is 1.00 e. The van der Waals surface area contributed by atoms with E-state index in [1.54, 1.807) is 32.9 Å². The SMILES string of the molecule is CC(C)(C)OC(=O)c1c(-c2ccccc2)csc1NC(=O)CCCCC(=O)Nc1ccccc1C(=O)O.[H-].[Na+]. The van der Waals surface area contributed by atoms with Crippen molar-refractivity contribution in [1.82, 2.24) is 0 Å². The average Bonchev–Trinajstić information content (AvgIpc) is 3.25. The number of rotatable bonds is 10. The maximum absolute atomic E-state index is 13.0. The largest absolute Gasteiger partial charge is 1.00 e. The van der Waals surface area contributed by atoms with E-state index in [9.17, 15) is 24.3 Å². The molecule has 0 aliphatic rings. The molecule has 0 fully saturated rings. The third-order valence-electron chi connectivity index (χ3n) is 5.22. The number of carbonyl (C=O) groups excluding carboxylic acids is 3. The smallest absolute Gasteiger partial charge is 1.00 e. The fourth-order valence-corrected chi connectivity index (χ4v) is 4.54. The Labute approximate surface area is 249 Å². The zero-order chi connectivity index (χ0) is 27.0. The van der Waals surface area contributed by atoms with Crippen LogP contribution in [0.2, 0.25) is 0 Å². The molecule has 0 saturated carbocycles. The average molecular weight is 547 g/mol. The van der Waals surface area contributed by atoms with Gasteiger partial charge >= 0.3 is 41.5 Å². The Morgan fingerprint density at radius 1 is 0.895 bits per heavy atom. The molecular weight excluding hydrogens is 515 g/mol. The summed E-state index contributed by atoms with van der Waals surface area (Å²) in [5.74, 6) is -2.24. The summed E-state index contributed by atoms with van der Waals surface area (Å²) in [5, 5.41) is 16.9. The minimum Gasteiger partial charge on any atom is -1.00 e. The van der Waals surface area contributed by atoms with Crippen molar-refractivity contribution < 1.29 is 60.0 Å². The summed E-state index contributed by atoms with van der Waals surface area (Å²) in [6.45, 7) is 5.36. The van der Waals surface area contributed by atoms with Crippen LogP contribution in [0.1, 0.15) is 68.6 Å². The van der Waals surface area contributed by atoms with Crippen molar-refractivity contribution >= 4 is 45.8 Å². The predicted octanol–water partition coefficient (Wildman–Crippen LogP) is 3.32. The van der Waals surface area contributed by atoms with Gasteiger partial charge < -0.3 is 21.9 Å². The van der Waals surface area contributed by atoms with E-state index in [2.05, 4.69) is 10.6 Å². The number of ether oxygens (including phenoxy) is 1. The summed E-state index contributed by atoms with van der Waals surface area (Å²) in [6, 6.07) is 15.6. The van der Waals surface area contributed by atoms with Gasteiger partial charge in [-0.2, -0.15) is 0 Å². The summed E-state index contributed by atoms with van der Waals surface area (Å²) >= 11 is 1.26. The van der Waals surface area contributed by atoms with Crippen LogP contribution in [0.25, 0.3) is 11.1 Å².